The zero-order chi connectivity index (χ0) is 16.1. The minimum Gasteiger partial charge on any atom is -0.493 e. The molecule has 0 fully saturated rings. The highest BCUT2D eigenvalue weighted by atomic mass is 16.5. The van der Waals surface area contributed by atoms with Gasteiger partial charge in [-0.25, -0.2) is 0 Å². The van der Waals surface area contributed by atoms with Crippen LogP contribution in [0.25, 0.3) is 10.8 Å². The number of rotatable bonds is 5. The lowest BCUT2D eigenvalue weighted by Gasteiger charge is -2.10. The molecule has 0 saturated carbocycles. The standard InChI is InChI=1S/C21H21NO/c1-3-16-9-12-18(13-10-16)22-15-20-19-8-6-5-7-17(19)11-14-21(20)23-4-2/h5-15H,3-4H2,1-2H3/b22-15+. The lowest BCUT2D eigenvalue weighted by Crippen LogP contribution is -1.97. The van der Waals surface area contributed by atoms with Crippen molar-refractivity contribution in [2.75, 3.05) is 6.61 Å². The zero-order valence-corrected chi connectivity index (χ0v) is 13.6. The van der Waals surface area contributed by atoms with E-state index in [-0.39, 0.29) is 0 Å². The van der Waals surface area contributed by atoms with E-state index in [1.54, 1.807) is 0 Å². The summed E-state index contributed by atoms with van der Waals surface area (Å²) >= 11 is 0. The highest BCUT2D eigenvalue weighted by molar-refractivity contribution is 6.03. The van der Waals surface area contributed by atoms with Gasteiger partial charge in [-0.2, -0.15) is 0 Å². The molecule has 0 amide bonds. The average Bonchev–Trinajstić information content (AvgIpc) is 2.61. The highest BCUT2D eigenvalue weighted by Gasteiger charge is 2.06. The van der Waals surface area contributed by atoms with Crippen LogP contribution in [0.3, 0.4) is 0 Å². The molecule has 2 nitrogen and oxygen atoms in total. The molecule has 0 saturated heterocycles. The fourth-order valence-electron chi connectivity index (χ4n) is 2.65. The van der Waals surface area contributed by atoms with Gasteiger partial charge in [-0.3, -0.25) is 4.99 Å². The molecule has 116 valence electrons. The molecule has 0 N–H and O–H groups in total. The largest absolute Gasteiger partial charge is 0.493 e. The Balaban J connectivity index is 2.02. The topological polar surface area (TPSA) is 21.6 Å². The number of nitrogens with zero attached hydrogens (tertiary/aromatic N) is 1. The maximum Gasteiger partial charge on any atom is 0.128 e. The summed E-state index contributed by atoms with van der Waals surface area (Å²) in [6.07, 6.45) is 2.95. The van der Waals surface area contributed by atoms with Gasteiger partial charge in [0.25, 0.3) is 0 Å². The van der Waals surface area contributed by atoms with Crippen LogP contribution in [-0.4, -0.2) is 12.8 Å². The van der Waals surface area contributed by atoms with Crippen molar-refractivity contribution in [2.24, 2.45) is 4.99 Å². The van der Waals surface area contributed by atoms with E-state index in [2.05, 4.69) is 54.4 Å². The first-order chi connectivity index (χ1) is 11.3. The monoisotopic (exact) mass is 303 g/mol. The van der Waals surface area contributed by atoms with Crippen LogP contribution in [0.2, 0.25) is 0 Å². The van der Waals surface area contributed by atoms with Crippen LogP contribution in [0.15, 0.2) is 65.7 Å². The Hall–Kier alpha value is -2.61. The van der Waals surface area contributed by atoms with Crippen molar-refractivity contribution in [1.29, 1.82) is 0 Å². The summed E-state index contributed by atoms with van der Waals surface area (Å²) in [5.74, 6) is 0.875. The number of aryl methyl sites for hydroxylation is 1. The van der Waals surface area contributed by atoms with Gasteiger partial charge in [-0.05, 0) is 47.9 Å². The normalized spacial score (nSPS) is 11.2. The molecule has 3 rings (SSSR count). The second-order valence-electron chi connectivity index (χ2n) is 5.41. The number of benzene rings is 3. The Bertz CT molecular complexity index is 819. The first-order valence-electron chi connectivity index (χ1n) is 8.09. The molecule has 23 heavy (non-hydrogen) atoms. The van der Waals surface area contributed by atoms with Gasteiger partial charge in [0.2, 0.25) is 0 Å². The van der Waals surface area contributed by atoms with Crippen molar-refractivity contribution in [3.05, 3.63) is 71.8 Å². The van der Waals surface area contributed by atoms with Crippen molar-refractivity contribution >= 4 is 22.7 Å². The van der Waals surface area contributed by atoms with Crippen molar-refractivity contribution in [3.8, 4) is 5.75 Å². The van der Waals surface area contributed by atoms with Gasteiger partial charge >= 0.3 is 0 Å². The molecule has 2 heteroatoms. The van der Waals surface area contributed by atoms with E-state index >= 15 is 0 Å². The number of ether oxygens (including phenoxy) is 1. The predicted molar refractivity (Wildman–Crippen MR) is 98.2 cm³/mol. The summed E-state index contributed by atoms with van der Waals surface area (Å²) in [6.45, 7) is 4.80. The van der Waals surface area contributed by atoms with E-state index in [0.29, 0.717) is 6.61 Å². The van der Waals surface area contributed by atoms with E-state index in [1.807, 2.05) is 31.3 Å². The van der Waals surface area contributed by atoms with Gasteiger partial charge in [0.15, 0.2) is 0 Å². The van der Waals surface area contributed by atoms with Gasteiger partial charge in [-0.1, -0.05) is 49.4 Å². The van der Waals surface area contributed by atoms with Gasteiger partial charge in [0, 0.05) is 11.8 Å². The Morgan fingerprint density at radius 1 is 0.913 bits per heavy atom. The maximum absolute atomic E-state index is 5.78. The minimum absolute atomic E-state index is 0.643. The fourth-order valence-corrected chi connectivity index (χ4v) is 2.65. The summed E-state index contributed by atoms with van der Waals surface area (Å²) in [7, 11) is 0. The lowest BCUT2D eigenvalue weighted by molar-refractivity contribution is 0.340. The number of aliphatic imine (C=N–C) groups is 1. The van der Waals surface area contributed by atoms with Gasteiger partial charge in [-0.15, -0.1) is 0 Å². The van der Waals surface area contributed by atoms with Crippen LogP contribution in [0.1, 0.15) is 25.0 Å². The quantitative estimate of drug-likeness (QED) is 0.566. The number of hydrogen-bond donors (Lipinski definition) is 0. The van der Waals surface area contributed by atoms with Gasteiger partial charge in [0.1, 0.15) is 5.75 Å². The van der Waals surface area contributed by atoms with E-state index in [4.69, 9.17) is 4.74 Å². The molecule has 0 spiro atoms. The van der Waals surface area contributed by atoms with Crippen LogP contribution in [0.5, 0.6) is 5.75 Å². The molecule has 0 unspecified atom stereocenters. The molecule has 0 radical (unpaired) electrons. The number of hydrogen-bond acceptors (Lipinski definition) is 2. The first-order valence-corrected chi connectivity index (χ1v) is 8.09. The molecule has 0 heterocycles. The summed E-state index contributed by atoms with van der Waals surface area (Å²) < 4.78 is 5.78. The third kappa shape index (κ3) is 3.42. The van der Waals surface area contributed by atoms with E-state index < -0.39 is 0 Å². The Morgan fingerprint density at radius 2 is 1.70 bits per heavy atom. The minimum atomic E-state index is 0.643. The predicted octanol–water partition coefficient (Wildman–Crippen LogP) is 5.55. The molecular formula is C21H21NO. The van der Waals surface area contributed by atoms with E-state index in [0.717, 1.165) is 28.8 Å². The Morgan fingerprint density at radius 3 is 2.43 bits per heavy atom. The molecule has 3 aromatic rings. The smallest absolute Gasteiger partial charge is 0.128 e. The van der Waals surface area contributed by atoms with Crippen molar-refractivity contribution in [2.45, 2.75) is 20.3 Å². The molecule has 0 bridgehead atoms. The summed E-state index contributed by atoms with van der Waals surface area (Å²) in [6, 6.07) is 20.8. The van der Waals surface area contributed by atoms with Crippen LogP contribution in [0, 0.1) is 0 Å². The maximum atomic E-state index is 5.78. The van der Waals surface area contributed by atoms with Crippen LogP contribution < -0.4 is 4.74 Å². The molecule has 0 aliphatic carbocycles. The van der Waals surface area contributed by atoms with Crippen LogP contribution >= 0.6 is 0 Å². The highest BCUT2D eigenvalue weighted by Crippen LogP contribution is 2.27. The Labute approximate surface area is 137 Å². The zero-order valence-electron chi connectivity index (χ0n) is 13.6. The van der Waals surface area contributed by atoms with Crippen LogP contribution in [-0.2, 0) is 6.42 Å². The molecular weight excluding hydrogens is 282 g/mol. The number of fused-ring (bicyclic) bond motifs is 1. The molecule has 3 aromatic carbocycles. The molecule has 0 atom stereocenters. The fraction of sp³-hybridized carbons (Fsp3) is 0.190. The summed E-state index contributed by atoms with van der Waals surface area (Å²) in [5.41, 5.74) is 3.31. The first kappa shape index (κ1) is 15.3. The van der Waals surface area contributed by atoms with Gasteiger partial charge in [0.05, 0.1) is 12.3 Å². The van der Waals surface area contributed by atoms with Gasteiger partial charge < -0.3 is 4.74 Å². The molecule has 0 aromatic heterocycles. The average molecular weight is 303 g/mol. The second kappa shape index (κ2) is 7.10. The molecule has 0 aliphatic heterocycles. The third-order valence-corrected chi connectivity index (χ3v) is 3.92. The summed E-state index contributed by atoms with van der Waals surface area (Å²) in [4.78, 5) is 4.64. The SMILES string of the molecule is CCOc1ccc2ccccc2c1/C=N/c1ccc(CC)cc1. The molecule has 0 aliphatic rings. The second-order valence-corrected chi connectivity index (χ2v) is 5.41. The van der Waals surface area contributed by atoms with Crippen molar-refractivity contribution < 1.29 is 4.74 Å². The summed E-state index contributed by atoms with van der Waals surface area (Å²) in [5, 5.41) is 2.35. The Kier molecular flexibility index (Phi) is 4.72. The third-order valence-electron chi connectivity index (χ3n) is 3.92. The van der Waals surface area contributed by atoms with Crippen LogP contribution in [0.4, 0.5) is 5.69 Å². The van der Waals surface area contributed by atoms with E-state index in [9.17, 15) is 0 Å². The van der Waals surface area contributed by atoms with Crippen molar-refractivity contribution in [3.63, 3.8) is 0 Å². The van der Waals surface area contributed by atoms with Crippen molar-refractivity contribution in [1.82, 2.24) is 0 Å². The lowest BCUT2D eigenvalue weighted by atomic mass is 10.0. The van der Waals surface area contributed by atoms with E-state index in [1.165, 1.54) is 10.9 Å².